The number of nitrogens with one attached hydrogen (secondary N) is 2. The fourth-order valence-corrected chi connectivity index (χ4v) is 4.32. The number of hydrogen-bond acceptors (Lipinski definition) is 3. The first kappa shape index (κ1) is 22.6. The Balaban J connectivity index is 1.41. The minimum atomic E-state index is 0.0111. The summed E-state index contributed by atoms with van der Waals surface area (Å²) in [6.07, 6.45) is 0. The summed E-state index contributed by atoms with van der Waals surface area (Å²) < 4.78 is 0. The van der Waals surface area contributed by atoms with Gasteiger partial charge in [0.25, 0.3) is 0 Å². The van der Waals surface area contributed by atoms with Gasteiger partial charge in [-0.3, -0.25) is 9.69 Å². The summed E-state index contributed by atoms with van der Waals surface area (Å²) >= 11 is 6.92. The molecular formula is C27H23N3OS2. The van der Waals surface area contributed by atoms with Crippen molar-refractivity contribution in [3.05, 3.63) is 115 Å². The Labute approximate surface area is 203 Å². The van der Waals surface area contributed by atoms with Gasteiger partial charge in [-0.2, -0.15) is 0 Å². The molecule has 4 nitrogen and oxygen atoms in total. The highest BCUT2D eigenvalue weighted by atomic mass is 32.2. The lowest BCUT2D eigenvalue weighted by Gasteiger charge is -2.23. The van der Waals surface area contributed by atoms with Gasteiger partial charge in [0.15, 0.2) is 5.11 Å². The summed E-state index contributed by atoms with van der Waals surface area (Å²) in [7, 11) is 0. The van der Waals surface area contributed by atoms with Gasteiger partial charge in [-0.05, 0) is 66.8 Å². The molecule has 33 heavy (non-hydrogen) atoms. The van der Waals surface area contributed by atoms with E-state index in [0.717, 1.165) is 27.6 Å². The summed E-state index contributed by atoms with van der Waals surface area (Å²) in [6.45, 7) is 0. The van der Waals surface area contributed by atoms with Crippen LogP contribution < -0.4 is 15.5 Å². The van der Waals surface area contributed by atoms with E-state index in [9.17, 15) is 4.79 Å². The lowest BCUT2D eigenvalue weighted by molar-refractivity contribution is -0.115. The zero-order valence-electron chi connectivity index (χ0n) is 17.8. The molecule has 1 amide bonds. The molecule has 0 heterocycles. The number of nitrogens with zero attached hydrogens (tertiary/aromatic N) is 1. The van der Waals surface area contributed by atoms with Crippen molar-refractivity contribution in [1.29, 1.82) is 0 Å². The molecule has 0 bridgehead atoms. The van der Waals surface area contributed by atoms with E-state index in [-0.39, 0.29) is 5.91 Å². The van der Waals surface area contributed by atoms with Gasteiger partial charge in [-0.1, -0.05) is 60.7 Å². The topological polar surface area (TPSA) is 44.4 Å². The molecule has 0 radical (unpaired) electrons. The van der Waals surface area contributed by atoms with E-state index in [1.54, 1.807) is 4.90 Å². The Morgan fingerprint density at radius 2 is 1.21 bits per heavy atom. The van der Waals surface area contributed by atoms with Crippen LogP contribution in [0.15, 0.2) is 120 Å². The fourth-order valence-electron chi connectivity index (χ4n) is 3.28. The zero-order chi connectivity index (χ0) is 22.9. The van der Waals surface area contributed by atoms with Crippen LogP contribution in [0.3, 0.4) is 0 Å². The molecule has 0 aliphatic heterocycles. The molecule has 0 aliphatic carbocycles. The van der Waals surface area contributed by atoms with Crippen molar-refractivity contribution in [1.82, 2.24) is 0 Å². The van der Waals surface area contributed by atoms with Crippen molar-refractivity contribution in [2.45, 2.75) is 4.90 Å². The van der Waals surface area contributed by atoms with Crippen molar-refractivity contribution in [3.8, 4) is 0 Å². The van der Waals surface area contributed by atoms with E-state index in [1.807, 2.05) is 115 Å². The molecule has 164 valence electrons. The number of thioether (sulfide) groups is 1. The largest absolute Gasteiger partial charge is 0.332 e. The Bertz CT molecular complexity index is 1160. The minimum Gasteiger partial charge on any atom is -0.332 e. The quantitative estimate of drug-likeness (QED) is 0.226. The average Bonchev–Trinajstić information content (AvgIpc) is 2.85. The summed E-state index contributed by atoms with van der Waals surface area (Å²) in [5.41, 5.74) is 3.49. The van der Waals surface area contributed by atoms with Crippen LogP contribution in [0.1, 0.15) is 0 Å². The minimum absolute atomic E-state index is 0.0111. The van der Waals surface area contributed by atoms with Gasteiger partial charge >= 0.3 is 0 Å². The van der Waals surface area contributed by atoms with Crippen LogP contribution >= 0.6 is 24.0 Å². The van der Waals surface area contributed by atoms with Crippen LogP contribution in [-0.4, -0.2) is 16.8 Å². The monoisotopic (exact) mass is 469 g/mol. The first-order valence-electron chi connectivity index (χ1n) is 10.5. The normalized spacial score (nSPS) is 10.3. The maximum atomic E-state index is 13.2. The number of para-hydroxylation sites is 3. The van der Waals surface area contributed by atoms with E-state index in [2.05, 4.69) is 10.6 Å². The number of carbonyl (C=O) groups excluding carboxylic acids is 1. The highest BCUT2D eigenvalue weighted by Gasteiger charge is 2.18. The Morgan fingerprint density at radius 3 is 1.82 bits per heavy atom. The van der Waals surface area contributed by atoms with Gasteiger partial charge in [-0.15, -0.1) is 11.8 Å². The van der Waals surface area contributed by atoms with Crippen molar-refractivity contribution >= 4 is 57.7 Å². The molecule has 6 heteroatoms. The number of amides is 1. The summed E-state index contributed by atoms with van der Waals surface area (Å²) in [6, 6.07) is 37.1. The Kier molecular flexibility index (Phi) is 7.74. The maximum absolute atomic E-state index is 13.2. The molecule has 0 aromatic heterocycles. The van der Waals surface area contributed by atoms with Crippen LogP contribution in [0.5, 0.6) is 0 Å². The molecule has 4 aromatic carbocycles. The van der Waals surface area contributed by atoms with E-state index in [0.29, 0.717) is 10.9 Å². The van der Waals surface area contributed by atoms with E-state index in [1.165, 1.54) is 11.8 Å². The SMILES string of the molecule is O=C(CSc1cccc(NC(=S)Nc2ccccc2)c1)N(c1ccccc1)c1ccccc1. The van der Waals surface area contributed by atoms with Crippen molar-refractivity contribution < 1.29 is 4.79 Å². The second-order valence-electron chi connectivity index (χ2n) is 7.16. The summed E-state index contributed by atoms with van der Waals surface area (Å²) in [5, 5.41) is 6.88. The van der Waals surface area contributed by atoms with Crippen LogP contribution in [0.25, 0.3) is 0 Å². The zero-order valence-corrected chi connectivity index (χ0v) is 19.5. The number of hydrogen-bond donors (Lipinski definition) is 2. The van der Waals surface area contributed by atoms with Crippen LogP contribution in [0.2, 0.25) is 0 Å². The number of carbonyl (C=O) groups is 1. The number of anilines is 4. The van der Waals surface area contributed by atoms with Gasteiger partial charge < -0.3 is 10.6 Å². The van der Waals surface area contributed by atoms with E-state index in [4.69, 9.17) is 12.2 Å². The standard InChI is InChI=1S/C27H23N3OS2/c31-26(30(23-14-6-2-7-15-23)24-16-8-3-9-17-24)20-33-25-18-10-13-22(19-25)29-27(32)28-21-11-4-1-5-12-21/h1-19H,20H2,(H2,28,29,32). The second kappa shape index (κ2) is 11.3. The summed E-state index contributed by atoms with van der Waals surface area (Å²) in [4.78, 5) is 16.0. The highest BCUT2D eigenvalue weighted by molar-refractivity contribution is 8.00. The molecule has 4 aromatic rings. The van der Waals surface area contributed by atoms with Gasteiger partial charge in [-0.25, -0.2) is 0 Å². The van der Waals surface area contributed by atoms with Gasteiger partial charge in [0.2, 0.25) is 5.91 Å². The lowest BCUT2D eigenvalue weighted by atomic mass is 10.2. The van der Waals surface area contributed by atoms with Gasteiger partial charge in [0, 0.05) is 27.6 Å². The molecule has 2 N–H and O–H groups in total. The van der Waals surface area contributed by atoms with Gasteiger partial charge in [0.1, 0.15) is 0 Å². The third-order valence-electron chi connectivity index (χ3n) is 4.76. The predicted octanol–water partition coefficient (Wildman–Crippen LogP) is 6.95. The molecule has 0 saturated carbocycles. The molecule has 4 rings (SSSR count). The molecule has 0 spiro atoms. The number of thiocarbonyl (C=S) groups is 1. The molecular weight excluding hydrogens is 446 g/mol. The highest BCUT2D eigenvalue weighted by Crippen LogP contribution is 2.28. The molecule has 0 atom stereocenters. The van der Waals surface area contributed by atoms with Crippen LogP contribution in [0.4, 0.5) is 22.7 Å². The number of benzene rings is 4. The third-order valence-corrected chi connectivity index (χ3v) is 5.95. The van der Waals surface area contributed by atoms with Crippen molar-refractivity contribution in [2.75, 3.05) is 21.3 Å². The van der Waals surface area contributed by atoms with Crippen LogP contribution in [-0.2, 0) is 4.79 Å². The average molecular weight is 470 g/mol. The Morgan fingerprint density at radius 1 is 0.697 bits per heavy atom. The number of rotatable bonds is 7. The van der Waals surface area contributed by atoms with Crippen LogP contribution in [0, 0.1) is 0 Å². The fraction of sp³-hybridized carbons (Fsp3) is 0.0370. The van der Waals surface area contributed by atoms with E-state index < -0.39 is 0 Å². The Hall–Kier alpha value is -3.61. The first-order chi connectivity index (χ1) is 16.2. The molecule has 0 saturated heterocycles. The molecule has 0 aliphatic rings. The third kappa shape index (κ3) is 6.44. The first-order valence-corrected chi connectivity index (χ1v) is 11.9. The van der Waals surface area contributed by atoms with E-state index >= 15 is 0 Å². The summed E-state index contributed by atoms with van der Waals surface area (Å²) in [5.74, 6) is 0.317. The second-order valence-corrected chi connectivity index (χ2v) is 8.62. The van der Waals surface area contributed by atoms with Crippen molar-refractivity contribution in [2.24, 2.45) is 0 Å². The molecule has 0 unspecified atom stereocenters. The predicted molar refractivity (Wildman–Crippen MR) is 143 cm³/mol. The smallest absolute Gasteiger partial charge is 0.241 e. The maximum Gasteiger partial charge on any atom is 0.241 e. The van der Waals surface area contributed by atoms with Crippen molar-refractivity contribution in [3.63, 3.8) is 0 Å². The lowest BCUT2D eigenvalue weighted by Crippen LogP contribution is -2.27. The molecule has 0 fully saturated rings. The van der Waals surface area contributed by atoms with Gasteiger partial charge in [0.05, 0.1) is 5.75 Å².